The highest BCUT2D eigenvalue weighted by atomic mass is 16.3. The van der Waals surface area contributed by atoms with Gasteiger partial charge < -0.3 is 9.67 Å². The number of phenolic OH excluding ortho intramolecular Hbond substituents is 1. The molecule has 0 aliphatic carbocycles. The van der Waals surface area contributed by atoms with Crippen LogP contribution in [0.1, 0.15) is 5.56 Å². The number of aryl methyl sites for hydroxylation is 2. The third kappa shape index (κ3) is 1.88. The van der Waals surface area contributed by atoms with Gasteiger partial charge in [-0.05, 0) is 30.7 Å². The van der Waals surface area contributed by atoms with Crippen LogP contribution in [0.15, 0.2) is 53.3 Å². The lowest BCUT2D eigenvalue weighted by Crippen LogP contribution is -2.08. The quantitative estimate of drug-likeness (QED) is 0.734. The molecule has 0 saturated heterocycles. The van der Waals surface area contributed by atoms with Crippen LogP contribution < -0.4 is 5.43 Å². The Morgan fingerprint density at radius 2 is 1.80 bits per heavy atom. The first-order valence-electron chi connectivity index (χ1n) is 6.46. The van der Waals surface area contributed by atoms with Crippen molar-refractivity contribution in [2.45, 2.75) is 6.92 Å². The Morgan fingerprint density at radius 1 is 1.05 bits per heavy atom. The lowest BCUT2D eigenvalue weighted by Gasteiger charge is -2.13. The molecule has 0 spiro atoms. The normalized spacial score (nSPS) is 10.9. The molecule has 3 heteroatoms. The highest BCUT2D eigenvalue weighted by Gasteiger charge is 2.09. The predicted molar refractivity (Wildman–Crippen MR) is 81.0 cm³/mol. The summed E-state index contributed by atoms with van der Waals surface area (Å²) in [5, 5.41) is 10.6. The summed E-state index contributed by atoms with van der Waals surface area (Å²) in [5.74, 6) is 0.239. The molecule has 0 aliphatic heterocycles. The molecule has 3 aromatic rings. The van der Waals surface area contributed by atoms with Crippen LogP contribution >= 0.6 is 0 Å². The topological polar surface area (TPSA) is 42.2 Å². The summed E-state index contributed by atoms with van der Waals surface area (Å²) in [7, 11) is 1.92. The van der Waals surface area contributed by atoms with E-state index in [-0.39, 0.29) is 11.2 Å². The molecule has 0 unspecified atom stereocenters. The molecule has 0 bridgehead atoms. The van der Waals surface area contributed by atoms with E-state index >= 15 is 0 Å². The minimum absolute atomic E-state index is 0.00577. The summed E-state index contributed by atoms with van der Waals surface area (Å²) in [6.45, 7) is 1.85. The number of pyridine rings is 1. The van der Waals surface area contributed by atoms with Crippen molar-refractivity contribution in [3.05, 3.63) is 64.3 Å². The van der Waals surface area contributed by atoms with E-state index in [0.717, 1.165) is 22.3 Å². The maximum Gasteiger partial charge on any atom is 0.190 e. The summed E-state index contributed by atoms with van der Waals surface area (Å²) >= 11 is 0. The van der Waals surface area contributed by atoms with E-state index in [4.69, 9.17) is 0 Å². The number of hydrogen-bond donors (Lipinski definition) is 1. The number of aromatic hydroxyl groups is 1. The zero-order chi connectivity index (χ0) is 14.3. The molecule has 3 nitrogen and oxygen atoms in total. The molecule has 2 aromatic carbocycles. The van der Waals surface area contributed by atoms with E-state index in [1.165, 1.54) is 0 Å². The highest BCUT2D eigenvalue weighted by molar-refractivity contribution is 5.82. The first-order valence-corrected chi connectivity index (χ1v) is 6.46. The van der Waals surface area contributed by atoms with Crippen LogP contribution in [0.4, 0.5) is 0 Å². The molecule has 1 aromatic heterocycles. The zero-order valence-electron chi connectivity index (χ0n) is 11.4. The third-order valence-electron chi connectivity index (χ3n) is 3.66. The Balaban J connectivity index is 2.34. The van der Waals surface area contributed by atoms with E-state index in [2.05, 4.69) is 0 Å². The molecule has 20 heavy (non-hydrogen) atoms. The molecule has 0 fully saturated rings. The number of nitrogens with zero attached hydrogens (tertiary/aromatic N) is 1. The van der Waals surface area contributed by atoms with Gasteiger partial charge in [-0.3, -0.25) is 4.79 Å². The van der Waals surface area contributed by atoms with E-state index in [9.17, 15) is 9.90 Å². The van der Waals surface area contributed by atoms with Crippen LogP contribution in [0.5, 0.6) is 5.75 Å². The van der Waals surface area contributed by atoms with Gasteiger partial charge in [0.15, 0.2) is 5.43 Å². The van der Waals surface area contributed by atoms with Gasteiger partial charge in [-0.1, -0.05) is 24.3 Å². The number of rotatable bonds is 1. The van der Waals surface area contributed by atoms with Crippen LogP contribution in [-0.2, 0) is 7.05 Å². The second-order valence-corrected chi connectivity index (χ2v) is 4.97. The first kappa shape index (κ1) is 12.5. The van der Waals surface area contributed by atoms with Crippen molar-refractivity contribution >= 4 is 10.9 Å². The number of aromatic nitrogens is 1. The Hall–Kier alpha value is -2.55. The summed E-state index contributed by atoms with van der Waals surface area (Å²) < 4.78 is 1.97. The average Bonchev–Trinajstić information content (AvgIpc) is 2.46. The van der Waals surface area contributed by atoms with Crippen molar-refractivity contribution in [3.63, 3.8) is 0 Å². The van der Waals surface area contributed by atoms with Crippen LogP contribution in [-0.4, -0.2) is 9.67 Å². The monoisotopic (exact) mass is 265 g/mol. The van der Waals surface area contributed by atoms with E-state index in [1.807, 2.05) is 54.9 Å². The largest absolute Gasteiger partial charge is 0.508 e. The van der Waals surface area contributed by atoms with Crippen LogP contribution in [0.2, 0.25) is 0 Å². The summed E-state index contributed by atoms with van der Waals surface area (Å²) in [5.41, 5.74) is 3.32. The fourth-order valence-corrected chi connectivity index (χ4v) is 2.45. The van der Waals surface area contributed by atoms with Crippen molar-refractivity contribution in [2.24, 2.45) is 7.05 Å². The van der Waals surface area contributed by atoms with Gasteiger partial charge >= 0.3 is 0 Å². The van der Waals surface area contributed by atoms with Gasteiger partial charge in [0.1, 0.15) is 5.75 Å². The van der Waals surface area contributed by atoms with Crippen molar-refractivity contribution in [2.75, 3.05) is 0 Å². The molecule has 0 amide bonds. The summed E-state index contributed by atoms with van der Waals surface area (Å²) in [4.78, 5) is 12.2. The molecular formula is C17H15NO2. The van der Waals surface area contributed by atoms with Gasteiger partial charge in [0, 0.05) is 24.1 Å². The second-order valence-electron chi connectivity index (χ2n) is 4.97. The minimum Gasteiger partial charge on any atom is -0.508 e. The van der Waals surface area contributed by atoms with Crippen LogP contribution in [0.3, 0.4) is 0 Å². The molecule has 3 rings (SSSR count). The fraction of sp³-hybridized carbons (Fsp3) is 0.118. The summed E-state index contributed by atoms with van der Waals surface area (Å²) in [6, 6.07) is 14.6. The summed E-state index contributed by atoms with van der Waals surface area (Å²) in [6.07, 6.45) is 0. The fourth-order valence-electron chi connectivity index (χ4n) is 2.45. The Labute approximate surface area is 116 Å². The van der Waals surface area contributed by atoms with Crippen molar-refractivity contribution in [1.82, 2.24) is 4.57 Å². The van der Waals surface area contributed by atoms with Crippen molar-refractivity contribution in [1.29, 1.82) is 0 Å². The van der Waals surface area contributed by atoms with Crippen LogP contribution in [0, 0.1) is 6.92 Å². The zero-order valence-corrected chi connectivity index (χ0v) is 11.4. The second kappa shape index (κ2) is 4.53. The molecule has 0 saturated carbocycles. The lowest BCUT2D eigenvalue weighted by atomic mass is 10.1. The van der Waals surface area contributed by atoms with Crippen molar-refractivity contribution < 1.29 is 5.11 Å². The van der Waals surface area contributed by atoms with E-state index in [1.54, 1.807) is 12.1 Å². The number of hydrogen-bond acceptors (Lipinski definition) is 2. The smallest absolute Gasteiger partial charge is 0.190 e. The predicted octanol–water partition coefficient (Wildman–Crippen LogP) is 3.22. The SMILES string of the molecule is Cc1ccc(-c2cc(=O)c3ccccc3n2C)cc1O. The first-order chi connectivity index (χ1) is 9.58. The van der Waals surface area contributed by atoms with Gasteiger partial charge in [0.2, 0.25) is 0 Å². The average molecular weight is 265 g/mol. The maximum absolute atomic E-state index is 12.2. The van der Waals surface area contributed by atoms with Crippen molar-refractivity contribution in [3.8, 4) is 17.0 Å². The number of fused-ring (bicyclic) bond motifs is 1. The maximum atomic E-state index is 12.2. The van der Waals surface area contributed by atoms with Gasteiger partial charge in [-0.25, -0.2) is 0 Å². The highest BCUT2D eigenvalue weighted by Crippen LogP contribution is 2.26. The van der Waals surface area contributed by atoms with Crippen LogP contribution in [0.25, 0.3) is 22.2 Å². The number of para-hydroxylation sites is 1. The third-order valence-corrected chi connectivity index (χ3v) is 3.66. The molecule has 0 atom stereocenters. The lowest BCUT2D eigenvalue weighted by molar-refractivity contribution is 0.471. The Kier molecular flexibility index (Phi) is 2.83. The molecule has 1 N–H and O–H groups in total. The van der Waals surface area contributed by atoms with E-state index in [0.29, 0.717) is 5.39 Å². The Bertz CT molecular complexity index is 862. The molecule has 0 aliphatic rings. The number of phenols is 1. The molecule has 0 radical (unpaired) electrons. The van der Waals surface area contributed by atoms with Gasteiger partial charge in [-0.2, -0.15) is 0 Å². The van der Waals surface area contributed by atoms with Gasteiger partial charge in [0.05, 0.1) is 11.2 Å². The van der Waals surface area contributed by atoms with E-state index < -0.39 is 0 Å². The Morgan fingerprint density at radius 3 is 2.55 bits per heavy atom. The number of benzene rings is 2. The van der Waals surface area contributed by atoms with Gasteiger partial charge in [0.25, 0.3) is 0 Å². The minimum atomic E-state index is -0.00577. The standard InChI is InChI=1S/C17H15NO2/c1-11-7-8-12(9-16(11)19)15-10-17(20)13-5-3-4-6-14(13)18(15)2/h3-10,19H,1-2H3. The molecule has 100 valence electrons. The molecular weight excluding hydrogens is 250 g/mol. The van der Waals surface area contributed by atoms with Gasteiger partial charge in [-0.15, -0.1) is 0 Å². The molecule has 1 heterocycles.